The number of hydrogen-bond acceptors (Lipinski definition) is 3. The first-order chi connectivity index (χ1) is 9.61. The van der Waals surface area contributed by atoms with Crippen molar-refractivity contribution in [3.05, 3.63) is 58.5 Å². The Kier molecular flexibility index (Phi) is 4.58. The van der Waals surface area contributed by atoms with Crippen molar-refractivity contribution in [2.45, 2.75) is 20.3 Å². The van der Waals surface area contributed by atoms with Crippen LogP contribution in [0.2, 0.25) is 5.02 Å². The summed E-state index contributed by atoms with van der Waals surface area (Å²) in [5.74, 6) is 0.290. The lowest BCUT2D eigenvalue weighted by atomic mass is 10.1. The third kappa shape index (κ3) is 3.27. The molecule has 1 aromatic heterocycles. The fourth-order valence-electron chi connectivity index (χ4n) is 1.79. The van der Waals surface area contributed by atoms with Crippen LogP contribution in [-0.4, -0.2) is 11.6 Å². The summed E-state index contributed by atoms with van der Waals surface area (Å²) in [7, 11) is 0. The van der Waals surface area contributed by atoms with E-state index in [9.17, 15) is 4.79 Å². The predicted octanol–water partition coefficient (Wildman–Crippen LogP) is 3.79. The smallest absolute Gasteiger partial charge is 0.274 e. The molecule has 0 fully saturated rings. The minimum absolute atomic E-state index is 0.281. The quantitative estimate of drug-likeness (QED) is 0.688. The van der Waals surface area contributed by atoms with Gasteiger partial charge in [-0.1, -0.05) is 30.7 Å². The first-order valence-electron chi connectivity index (χ1n) is 6.28. The maximum atomic E-state index is 11.9. The molecule has 0 spiro atoms. The minimum atomic E-state index is -0.281. The van der Waals surface area contributed by atoms with E-state index in [1.165, 1.54) is 6.26 Å². The molecule has 1 aromatic carbocycles. The van der Waals surface area contributed by atoms with Gasteiger partial charge in [-0.25, -0.2) is 5.43 Å². The average molecular weight is 291 g/mol. The molecule has 0 aliphatic heterocycles. The molecule has 1 N–H and O–H groups in total. The molecule has 1 heterocycles. The Hall–Kier alpha value is -2.07. The molecule has 0 atom stereocenters. The van der Waals surface area contributed by atoms with Crippen LogP contribution in [0.1, 0.15) is 35.0 Å². The summed E-state index contributed by atoms with van der Waals surface area (Å²) in [4.78, 5) is 11.9. The molecule has 0 saturated heterocycles. The monoisotopic (exact) mass is 290 g/mol. The van der Waals surface area contributed by atoms with Gasteiger partial charge >= 0.3 is 0 Å². The lowest BCUT2D eigenvalue weighted by Crippen LogP contribution is -2.20. The molecular formula is C15H15ClN2O2. The number of halogens is 1. The largest absolute Gasteiger partial charge is 0.469 e. The lowest BCUT2D eigenvalue weighted by Gasteiger charge is -2.05. The van der Waals surface area contributed by atoms with Crippen LogP contribution >= 0.6 is 11.6 Å². The molecule has 5 heteroatoms. The normalized spacial score (nSPS) is 11.4. The molecule has 0 aliphatic carbocycles. The zero-order valence-electron chi connectivity index (χ0n) is 11.3. The zero-order chi connectivity index (χ0) is 14.5. The van der Waals surface area contributed by atoms with Crippen molar-refractivity contribution in [3.63, 3.8) is 0 Å². The Labute approximate surface area is 122 Å². The van der Waals surface area contributed by atoms with E-state index in [0.717, 1.165) is 11.3 Å². The zero-order valence-corrected chi connectivity index (χ0v) is 12.1. The van der Waals surface area contributed by atoms with E-state index in [0.29, 0.717) is 22.8 Å². The summed E-state index contributed by atoms with van der Waals surface area (Å²) in [6.07, 6.45) is 2.18. The van der Waals surface area contributed by atoms with Gasteiger partial charge in [0, 0.05) is 5.02 Å². The number of amides is 1. The van der Waals surface area contributed by atoms with Crippen LogP contribution in [0, 0.1) is 6.92 Å². The number of carbonyl (C=O) groups is 1. The molecule has 4 nitrogen and oxygen atoms in total. The second kappa shape index (κ2) is 6.39. The molecular weight excluding hydrogens is 276 g/mol. The topological polar surface area (TPSA) is 54.6 Å². The van der Waals surface area contributed by atoms with Crippen molar-refractivity contribution in [1.29, 1.82) is 0 Å². The third-order valence-corrected chi connectivity index (χ3v) is 3.16. The van der Waals surface area contributed by atoms with Crippen molar-refractivity contribution in [2.24, 2.45) is 5.10 Å². The van der Waals surface area contributed by atoms with Crippen molar-refractivity contribution in [2.75, 3.05) is 0 Å². The van der Waals surface area contributed by atoms with Gasteiger partial charge < -0.3 is 4.42 Å². The Morgan fingerprint density at radius 2 is 2.00 bits per heavy atom. The van der Waals surface area contributed by atoms with Gasteiger partial charge in [-0.2, -0.15) is 5.10 Å². The first-order valence-corrected chi connectivity index (χ1v) is 6.66. The summed E-state index contributed by atoms with van der Waals surface area (Å²) in [6, 6.07) is 8.96. The van der Waals surface area contributed by atoms with Crippen molar-refractivity contribution in [1.82, 2.24) is 5.43 Å². The highest BCUT2D eigenvalue weighted by Crippen LogP contribution is 2.12. The van der Waals surface area contributed by atoms with Crippen LogP contribution in [0.4, 0.5) is 0 Å². The highest BCUT2D eigenvalue weighted by molar-refractivity contribution is 6.30. The van der Waals surface area contributed by atoms with E-state index in [1.54, 1.807) is 25.1 Å². The highest BCUT2D eigenvalue weighted by Gasteiger charge is 2.11. The fourth-order valence-corrected chi connectivity index (χ4v) is 1.92. The van der Waals surface area contributed by atoms with Crippen LogP contribution in [-0.2, 0) is 0 Å². The van der Waals surface area contributed by atoms with Gasteiger partial charge in [0.1, 0.15) is 5.76 Å². The Morgan fingerprint density at radius 3 is 2.55 bits per heavy atom. The number of nitrogens with one attached hydrogen (secondary N) is 1. The molecule has 104 valence electrons. The second-order valence-electron chi connectivity index (χ2n) is 4.25. The molecule has 2 aromatic rings. The maximum absolute atomic E-state index is 11.9. The van der Waals surface area contributed by atoms with Crippen LogP contribution < -0.4 is 5.43 Å². The maximum Gasteiger partial charge on any atom is 0.274 e. The summed E-state index contributed by atoms with van der Waals surface area (Å²) >= 11 is 5.85. The minimum Gasteiger partial charge on any atom is -0.469 e. The number of nitrogens with zero attached hydrogens (tertiary/aromatic N) is 1. The van der Waals surface area contributed by atoms with Gasteiger partial charge in [-0.15, -0.1) is 0 Å². The predicted molar refractivity (Wildman–Crippen MR) is 79.2 cm³/mol. The number of rotatable bonds is 4. The summed E-state index contributed by atoms with van der Waals surface area (Å²) in [5.41, 5.74) is 4.75. The van der Waals surface area contributed by atoms with Gasteiger partial charge in [0.25, 0.3) is 5.91 Å². The standard InChI is InChI=1S/C15H15ClN2O2/c1-3-14(11-4-6-12(16)7-5-11)17-18-15(19)13-8-9-20-10(13)2/h4-9H,3H2,1-2H3,(H,18,19)/b17-14+. The van der Waals surface area contributed by atoms with Gasteiger partial charge in [0.2, 0.25) is 0 Å². The highest BCUT2D eigenvalue weighted by atomic mass is 35.5. The molecule has 2 rings (SSSR count). The summed E-state index contributed by atoms with van der Waals surface area (Å²) < 4.78 is 5.09. The van der Waals surface area contributed by atoms with Crippen LogP contribution in [0.25, 0.3) is 0 Å². The Morgan fingerprint density at radius 1 is 1.30 bits per heavy atom. The summed E-state index contributed by atoms with van der Waals surface area (Å²) in [5, 5.41) is 4.84. The van der Waals surface area contributed by atoms with Crippen LogP contribution in [0.15, 0.2) is 46.1 Å². The molecule has 0 aliphatic rings. The first kappa shape index (κ1) is 14.3. The molecule has 0 radical (unpaired) electrons. The number of furan rings is 1. The number of hydrazone groups is 1. The SMILES string of the molecule is CC/C(=N\NC(=O)c1ccoc1C)c1ccc(Cl)cc1. The summed E-state index contributed by atoms with van der Waals surface area (Å²) in [6.45, 7) is 3.71. The molecule has 0 saturated carbocycles. The second-order valence-corrected chi connectivity index (χ2v) is 4.69. The van der Waals surface area contributed by atoms with E-state index in [1.807, 2.05) is 19.1 Å². The van der Waals surface area contributed by atoms with Gasteiger partial charge in [0.05, 0.1) is 17.5 Å². The van der Waals surface area contributed by atoms with Gasteiger partial charge in [-0.3, -0.25) is 4.79 Å². The Balaban J connectivity index is 2.14. The number of carbonyl (C=O) groups excluding carboxylic acids is 1. The average Bonchev–Trinajstić information content (AvgIpc) is 2.87. The molecule has 0 unspecified atom stereocenters. The van der Waals surface area contributed by atoms with Gasteiger partial charge in [-0.05, 0) is 37.1 Å². The van der Waals surface area contributed by atoms with Crippen LogP contribution in [0.3, 0.4) is 0 Å². The molecule has 20 heavy (non-hydrogen) atoms. The van der Waals surface area contributed by atoms with Crippen molar-refractivity contribution < 1.29 is 9.21 Å². The van der Waals surface area contributed by atoms with E-state index in [-0.39, 0.29) is 5.91 Å². The van der Waals surface area contributed by atoms with Crippen molar-refractivity contribution >= 4 is 23.2 Å². The van der Waals surface area contributed by atoms with Crippen molar-refractivity contribution in [3.8, 4) is 0 Å². The van der Waals surface area contributed by atoms with E-state index in [2.05, 4.69) is 10.5 Å². The van der Waals surface area contributed by atoms with E-state index < -0.39 is 0 Å². The third-order valence-electron chi connectivity index (χ3n) is 2.91. The Bertz CT molecular complexity index is 630. The number of aryl methyl sites for hydroxylation is 1. The molecule has 1 amide bonds. The van der Waals surface area contributed by atoms with E-state index in [4.69, 9.17) is 16.0 Å². The van der Waals surface area contributed by atoms with E-state index >= 15 is 0 Å². The van der Waals surface area contributed by atoms with Crippen LogP contribution in [0.5, 0.6) is 0 Å². The number of benzene rings is 1. The number of hydrogen-bond donors (Lipinski definition) is 1. The fraction of sp³-hybridized carbons (Fsp3) is 0.200. The van der Waals surface area contributed by atoms with Gasteiger partial charge in [0.15, 0.2) is 0 Å². The molecule has 0 bridgehead atoms. The lowest BCUT2D eigenvalue weighted by molar-refractivity contribution is 0.0953.